The Morgan fingerprint density at radius 3 is 2.94 bits per heavy atom. The highest BCUT2D eigenvalue weighted by Crippen LogP contribution is 2.28. The number of amides is 1. The van der Waals surface area contributed by atoms with Gasteiger partial charge in [-0.2, -0.15) is 0 Å². The van der Waals surface area contributed by atoms with Crippen LogP contribution in [0.25, 0.3) is 10.9 Å². The molecular formula is C25H30N4O2. The number of fused-ring (bicyclic) bond motifs is 2. The fourth-order valence-electron chi connectivity index (χ4n) is 5.10. The van der Waals surface area contributed by atoms with E-state index < -0.39 is 0 Å². The van der Waals surface area contributed by atoms with E-state index in [1.807, 2.05) is 37.3 Å². The zero-order chi connectivity index (χ0) is 21.2. The molecule has 3 aromatic rings. The molecule has 1 N–H and O–H groups in total. The molecule has 0 unspecified atom stereocenters. The van der Waals surface area contributed by atoms with Gasteiger partial charge in [0, 0.05) is 49.6 Å². The Kier molecular flexibility index (Phi) is 5.72. The number of hydrogen-bond donors (Lipinski definition) is 1. The standard InChI is InChI=1S/C25H30N4O2/c1-17-27-23-16-29(15-12-24(23)31-17)14-11-18-7-9-19(10-8-18)28-25(30)21-4-2-6-22-20(21)5-3-13-26-22/h2-6,13,18-19H,7-12,14-16H2,1H3,(H,28,30). The summed E-state index contributed by atoms with van der Waals surface area (Å²) in [4.78, 5) is 24.3. The second-order valence-electron chi connectivity index (χ2n) is 8.98. The van der Waals surface area contributed by atoms with Crippen molar-refractivity contribution in [3.05, 3.63) is 59.4 Å². The Morgan fingerprint density at radius 2 is 2.06 bits per heavy atom. The molecule has 1 fully saturated rings. The molecular weight excluding hydrogens is 388 g/mol. The highest BCUT2D eigenvalue weighted by molar-refractivity contribution is 6.06. The van der Waals surface area contributed by atoms with Gasteiger partial charge in [0.25, 0.3) is 5.91 Å². The summed E-state index contributed by atoms with van der Waals surface area (Å²) < 4.78 is 5.67. The summed E-state index contributed by atoms with van der Waals surface area (Å²) in [5, 5.41) is 4.19. The number of pyridine rings is 1. The van der Waals surface area contributed by atoms with Crippen molar-refractivity contribution in [3.8, 4) is 0 Å². The number of aryl methyl sites for hydroxylation is 1. The first-order valence-corrected chi connectivity index (χ1v) is 11.5. The molecule has 0 bridgehead atoms. The van der Waals surface area contributed by atoms with Gasteiger partial charge in [-0.15, -0.1) is 0 Å². The number of rotatable bonds is 5. The van der Waals surface area contributed by atoms with Crippen LogP contribution in [0.5, 0.6) is 0 Å². The van der Waals surface area contributed by atoms with E-state index >= 15 is 0 Å². The number of carbonyl (C=O) groups excluding carboxylic acids is 1. The van der Waals surface area contributed by atoms with E-state index in [0.29, 0.717) is 0 Å². The molecule has 1 aliphatic carbocycles. The number of nitrogens with zero attached hydrogens (tertiary/aromatic N) is 3. The third-order valence-corrected chi connectivity index (χ3v) is 6.84. The zero-order valence-electron chi connectivity index (χ0n) is 18.1. The Morgan fingerprint density at radius 1 is 1.19 bits per heavy atom. The molecule has 3 heterocycles. The SMILES string of the molecule is Cc1nc2c(o1)CCN(CCC1CCC(NC(=O)c3cccc4ncccc34)CC1)C2. The van der Waals surface area contributed by atoms with Gasteiger partial charge in [-0.1, -0.05) is 12.1 Å². The maximum Gasteiger partial charge on any atom is 0.252 e. The van der Waals surface area contributed by atoms with Crippen molar-refractivity contribution < 1.29 is 9.21 Å². The quantitative estimate of drug-likeness (QED) is 0.670. The first-order valence-electron chi connectivity index (χ1n) is 11.5. The number of carbonyl (C=O) groups is 1. The van der Waals surface area contributed by atoms with Crippen LogP contribution in [-0.4, -0.2) is 39.9 Å². The Balaban J connectivity index is 1.10. The molecule has 1 saturated carbocycles. The predicted octanol–water partition coefficient (Wildman–Crippen LogP) is 4.27. The fourth-order valence-corrected chi connectivity index (χ4v) is 5.10. The van der Waals surface area contributed by atoms with Crippen LogP contribution in [0.1, 0.15) is 59.8 Å². The van der Waals surface area contributed by atoms with Gasteiger partial charge >= 0.3 is 0 Å². The third kappa shape index (κ3) is 4.49. The minimum Gasteiger partial charge on any atom is -0.446 e. The van der Waals surface area contributed by atoms with Crippen LogP contribution < -0.4 is 5.32 Å². The smallest absolute Gasteiger partial charge is 0.252 e. The van der Waals surface area contributed by atoms with Crippen molar-refractivity contribution in [1.29, 1.82) is 0 Å². The molecule has 6 heteroatoms. The van der Waals surface area contributed by atoms with Crippen molar-refractivity contribution in [2.45, 2.75) is 58.0 Å². The average molecular weight is 419 g/mol. The monoisotopic (exact) mass is 418 g/mol. The van der Waals surface area contributed by atoms with Crippen LogP contribution in [0.3, 0.4) is 0 Å². The third-order valence-electron chi connectivity index (χ3n) is 6.84. The fraction of sp³-hybridized carbons (Fsp3) is 0.480. The van der Waals surface area contributed by atoms with Gasteiger partial charge in [-0.3, -0.25) is 14.7 Å². The van der Waals surface area contributed by atoms with Gasteiger partial charge in [-0.25, -0.2) is 4.98 Å². The molecule has 2 aromatic heterocycles. The normalized spacial score (nSPS) is 21.7. The van der Waals surface area contributed by atoms with Crippen LogP contribution >= 0.6 is 0 Å². The van der Waals surface area contributed by atoms with Gasteiger partial charge in [0.2, 0.25) is 0 Å². The predicted molar refractivity (Wildman–Crippen MR) is 120 cm³/mol. The van der Waals surface area contributed by atoms with Crippen molar-refractivity contribution in [1.82, 2.24) is 20.2 Å². The minimum absolute atomic E-state index is 0.0223. The molecule has 2 aliphatic rings. The van der Waals surface area contributed by atoms with Gasteiger partial charge in [0.05, 0.1) is 11.2 Å². The Hall–Kier alpha value is -2.73. The summed E-state index contributed by atoms with van der Waals surface area (Å²) in [7, 11) is 0. The molecule has 31 heavy (non-hydrogen) atoms. The van der Waals surface area contributed by atoms with Crippen LogP contribution in [0, 0.1) is 12.8 Å². The highest BCUT2D eigenvalue weighted by Gasteiger charge is 2.25. The molecule has 1 aliphatic heterocycles. The molecule has 6 nitrogen and oxygen atoms in total. The van der Waals surface area contributed by atoms with Crippen LogP contribution in [-0.2, 0) is 13.0 Å². The summed E-state index contributed by atoms with van der Waals surface area (Å²) in [6.45, 7) is 5.03. The van der Waals surface area contributed by atoms with Crippen molar-refractivity contribution in [2.24, 2.45) is 5.92 Å². The molecule has 0 radical (unpaired) electrons. The lowest BCUT2D eigenvalue weighted by Crippen LogP contribution is -2.38. The lowest BCUT2D eigenvalue weighted by Gasteiger charge is -2.31. The van der Waals surface area contributed by atoms with Crippen LogP contribution in [0.15, 0.2) is 40.9 Å². The summed E-state index contributed by atoms with van der Waals surface area (Å²) in [6, 6.07) is 9.88. The van der Waals surface area contributed by atoms with Gasteiger partial charge in [0.15, 0.2) is 5.89 Å². The van der Waals surface area contributed by atoms with Gasteiger partial charge in [-0.05, 0) is 62.8 Å². The number of nitrogens with one attached hydrogen (secondary N) is 1. The largest absolute Gasteiger partial charge is 0.446 e. The maximum atomic E-state index is 12.9. The number of oxazole rings is 1. The van der Waals surface area contributed by atoms with E-state index in [1.54, 1.807) is 6.20 Å². The first-order chi connectivity index (χ1) is 15.2. The van der Waals surface area contributed by atoms with Gasteiger partial charge < -0.3 is 9.73 Å². The molecule has 0 saturated heterocycles. The van der Waals surface area contributed by atoms with Crippen LogP contribution in [0.2, 0.25) is 0 Å². The van der Waals surface area contributed by atoms with E-state index in [0.717, 1.165) is 78.6 Å². The van der Waals surface area contributed by atoms with E-state index in [1.165, 1.54) is 19.3 Å². The molecule has 0 atom stereocenters. The summed E-state index contributed by atoms with van der Waals surface area (Å²) in [6.07, 6.45) is 8.45. The average Bonchev–Trinajstić information content (AvgIpc) is 3.17. The van der Waals surface area contributed by atoms with E-state index in [4.69, 9.17) is 4.42 Å². The van der Waals surface area contributed by atoms with Crippen LogP contribution in [0.4, 0.5) is 0 Å². The van der Waals surface area contributed by atoms with Crippen molar-refractivity contribution in [2.75, 3.05) is 13.1 Å². The molecule has 5 rings (SSSR count). The number of hydrogen-bond acceptors (Lipinski definition) is 5. The topological polar surface area (TPSA) is 71.3 Å². The second kappa shape index (κ2) is 8.79. The number of benzene rings is 1. The van der Waals surface area contributed by atoms with Crippen molar-refractivity contribution in [3.63, 3.8) is 0 Å². The number of aromatic nitrogens is 2. The molecule has 162 valence electrons. The molecule has 0 spiro atoms. The first kappa shape index (κ1) is 20.2. The summed E-state index contributed by atoms with van der Waals surface area (Å²) in [5.41, 5.74) is 2.71. The molecule has 1 aromatic carbocycles. The summed E-state index contributed by atoms with van der Waals surface area (Å²) >= 11 is 0. The van der Waals surface area contributed by atoms with E-state index in [9.17, 15) is 4.79 Å². The summed E-state index contributed by atoms with van der Waals surface area (Å²) in [5.74, 6) is 2.63. The second-order valence-corrected chi connectivity index (χ2v) is 8.98. The maximum absolute atomic E-state index is 12.9. The highest BCUT2D eigenvalue weighted by atomic mass is 16.4. The Bertz CT molecular complexity index is 1060. The lowest BCUT2D eigenvalue weighted by atomic mass is 9.84. The van der Waals surface area contributed by atoms with Gasteiger partial charge in [0.1, 0.15) is 5.76 Å². The van der Waals surface area contributed by atoms with Crippen molar-refractivity contribution >= 4 is 16.8 Å². The Labute approximate surface area is 183 Å². The minimum atomic E-state index is 0.0223. The lowest BCUT2D eigenvalue weighted by molar-refractivity contribution is 0.0921. The zero-order valence-corrected chi connectivity index (χ0v) is 18.1. The van der Waals surface area contributed by atoms with E-state index in [-0.39, 0.29) is 11.9 Å². The molecule has 1 amide bonds. The van der Waals surface area contributed by atoms with E-state index in [2.05, 4.69) is 20.2 Å².